The summed E-state index contributed by atoms with van der Waals surface area (Å²) in [6.07, 6.45) is 0. The van der Waals surface area contributed by atoms with Crippen molar-refractivity contribution in [3.05, 3.63) is 94.0 Å². The Kier molecular flexibility index (Phi) is 8.60. The number of rotatable bonds is 2. The van der Waals surface area contributed by atoms with E-state index in [1.807, 2.05) is 0 Å². The number of aromatic nitrogens is 2. The fourth-order valence-electron chi connectivity index (χ4n) is 7.32. The molecule has 0 aliphatic rings. The van der Waals surface area contributed by atoms with E-state index in [4.69, 9.17) is 0 Å². The molecule has 0 saturated heterocycles. The van der Waals surface area contributed by atoms with E-state index in [0.29, 0.717) is 0 Å². The molecule has 0 spiro atoms. The third-order valence-electron chi connectivity index (χ3n) is 10.5. The summed E-state index contributed by atoms with van der Waals surface area (Å²) >= 11 is 0. The SMILES string of the molecule is CCn1c2ccc(C(C)(C)C)cc2c2cc(C(C)(C)C)cc(C#CC#Cc3cc(C(C)(C)C)cc4c5cc(C(C)(C)C)ccc5n(CC)c34)c21. The van der Waals surface area contributed by atoms with Crippen LogP contribution in [0.3, 0.4) is 0 Å². The van der Waals surface area contributed by atoms with Crippen LogP contribution in [0.5, 0.6) is 0 Å². The van der Waals surface area contributed by atoms with Gasteiger partial charge in [0.1, 0.15) is 0 Å². The number of hydrogen-bond donors (Lipinski definition) is 0. The molecule has 2 aromatic heterocycles. The quantitative estimate of drug-likeness (QED) is 0.164. The van der Waals surface area contributed by atoms with Gasteiger partial charge >= 0.3 is 0 Å². The summed E-state index contributed by atoms with van der Waals surface area (Å²) in [6, 6.07) is 23.4. The van der Waals surface area contributed by atoms with Crippen molar-refractivity contribution in [2.24, 2.45) is 0 Å². The van der Waals surface area contributed by atoms with Gasteiger partial charge in [0.2, 0.25) is 0 Å². The van der Waals surface area contributed by atoms with Crippen molar-refractivity contribution in [1.82, 2.24) is 9.13 Å². The lowest BCUT2D eigenvalue weighted by molar-refractivity contribution is 0.590. The minimum absolute atomic E-state index is 0.0159. The van der Waals surface area contributed by atoms with Crippen molar-refractivity contribution in [2.75, 3.05) is 0 Å². The fraction of sp³-hybridized carbons (Fsp3) is 0.417. The molecule has 2 heteroatoms. The van der Waals surface area contributed by atoms with Gasteiger partial charge in [0.25, 0.3) is 0 Å². The van der Waals surface area contributed by atoms with Crippen LogP contribution in [0.25, 0.3) is 43.6 Å². The Morgan fingerprint density at radius 3 is 1.04 bits per heavy atom. The van der Waals surface area contributed by atoms with Crippen LogP contribution >= 0.6 is 0 Å². The van der Waals surface area contributed by atoms with E-state index in [1.54, 1.807) is 0 Å². The third kappa shape index (κ3) is 6.24. The highest BCUT2D eigenvalue weighted by Crippen LogP contribution is 2.39. The molecular weight excluding hydrogens is 605 g/mol. The highest BCUT2D eigenvalue weighted by atomic mass is 15.0. The topological polar surface area (TPSA) is 9.86 Å². The zero-order chi connectivity index (χ0) is 36.6. The Bertz CT molecular complexity index is 2250. The largest absolute Gasteiger partial charge is 0.340 e. The van der Waals surface area contributed by atoms with Crippen LogP contribution in [-0.2, 0) is 34.7 Å². The lowest BCUT2D eigenvalue weighted by atomic mass is 9.84. The first-order chi connectivity index (χ1) is 23.2. The predicted molar refractivity (Wildman–Crippen MR) is 219 cm³/mol. The second kappa shape index (κ2) is 12.1. The molecule has 0 amide bonds. The lowest BCUT2D eigenvalue weighted by Crippen LogP contribution is -2.11. The standard InChI is InChI=1S/C48H56N2/c1-15-49-41-23-21-33(45(3,4)5)27-37(41)39-29-35(47(9,10)11)25-31(43(39)49)19-17-18-20-32-26-36(48(12,13)14)30-40-38-28-34(46(6,7)8)22-24-42(38)50(16-2)44(32)40/h21-30H,15-16H2,1-14H3. The molecule has 0 bridgehead atoms. The molecule has 0 fully saturated rings. The highest BCUT2D eigenvalue weighted by molar-refractivity contribution is 6.11. The van der Waals surface area contributed by atoms with Gasteiger partial charge in [-0.2, -0.15) is 0 Å². The molecule has 0 saturated carbocycles. The van der Waals surface area contributed by atoms with E-state index in [-0.39, 0.29) is 21.7 Å². The molecule has 0 aliphatic heterocycles. The maximum Gasteiger partial charge on any atom is 0.0650 e. The average molecular weight is 661 g/mol. The molecule has 50 heavy (non-hydrogen) atoms. The van der Waals surface area contributed by atoms with E-state index in [1.165, 1.54) is 65.9 Å². The van der Waals surface area contributed by atoms with E-state index >= 15 is 0 Å². The molecule has 0 atom stereocenters. The molecule has 0 aliphatic carbocycles. The van der Waals surface area contributed by atoms with E-state index in [0.717, 1.165) is 24.2 Å². The number of benzene rings is 4. The van der Waals surface area contributed by atoms with Crippen LogP contribution in [-0.4, -0.2) is 9.13 Å². The van der Waals surface area contributed by atoms with Crippen molar-refractivity contribution < 1.29 is 0 Å². The van der Waals surface area contributed by atoms with Crippen LogP contribution < -0.4 is 0 Å². The minimum atomic E-state index is -0.0159. The van der Waals surface area contributed by atoms with Gasteiger partial charge < -0.3 is 9.13 Å². The normalized spacial score (nSPS) is 12.8. The van der Waals surface area contributed by atoms with Crippen LogP contribution in [0, 0.1) is 23.7 Å². The van der Waals surface area contributed by atoms with Gasteiger partial charge in [-0.25, -0.2) is 0 Å². The molecule has 0 radical (unpaired) electrons. The van der Waals surface area contributed by atoms with Gasteiger partial charge in [0.15, 0.2) is 0 Å². The molecule has 0 unspecified atom stereocenters. The summed E-state index contributed by atoms with van der Waals surface area (Å²) in [5.74, 6) is 13.8. The summed E-state index contributed by atoms with van der Waals surface area (Å²) in [7, 11) is 0. The van der Waals surface area contributed by atoms with Crippen LogP contribution in [0.15, 0.2) is 60.7 Å². The predicted octanol–water partition coefficient (Wildman–Crippen LogP) is 12.5. The molecule has 6 aromatic rings. The number of fused-ring (bicyclic) bond motifs is 6. The second-order valence-electron chi connectivity index (χ2n) is 18.3. The minimum Gasteiger partial charge on any atom is -0.340 e. The summed E-state index contributed by atoms with van der Waals surface area (Å²) in [6.45, 7) is 33.7. The van der Waals surface area contributed by atoms with Gasteiger partial charge in [-0.05, 0) is 118 Å². The zero-order valence-electron chi connectivity index (χ0n) is 33.1. The first-order valence-electron chi connectivity index (χ1n) is 18.5. The first kappa shape index (κ1) is 35.4. The summed E-state index contributed by atoms with van der Waals surface area (Å²) in [5.41, 5.74) is 12.4. The molecule has 4 aromatic carbocycles. The van der Waals surface area contributed by atoms with Crippen LogP contribution in [0.4, 0.5) is 0 Å². The summed E-state index contributed by atoms with van der Waals surface area (Å²) in [5, 5.41) is 5.16. The van der Waals surface area contributed by atoms with Gasteiger partial charge in [0, 0.05) is 45.7 Å². The number of aryl methyl sites for hydroxylation is 2. The van der Waals surface area contributed by atoms with E-state index < -0.39 is 0 Å². The van der Waals surface area contributed by atoms with Crippen molar-refractivity contribution in [1.29, 1.82) is 0 Å². The van der Waals surface area contributed by atoms with E-state index in [9.17, 15) is 0 Å². The number of hydrogen-bond acceptors (Lipinski definition) is 0. The van der Waals surface area contributed by atoms with Crippen LogP contribution in [0.1, 0.15) is 130 Å². The zero-order valence-corrected chi connectivity index (χ0v) is 33.1. The molecule has 2 nitrogen and oxygen atoms in total. The lowest BCUT2D eigenvalue weighted by Gasteiger charge is -2.20. The molecule has 2 heterocycles. The maximum atomic E-state index is 3.57. The third-order valence-corrected chi connectivity index (χ3v) is 10.5. The van der Waals surface area contributed by atoms with Gasteiger partial charge in [-0.15, -0.1) is 0 Å². The van der Waals surface area contributed by atoms with Crippen molar-refractivity contribution in [2.45, 2.75) is 132 Å². The Labute approximate surface area is 301 Å². The first-order valence-corrected chi connectivity index (χ1v) is 18.5. The Morgan fingerprint density at radius 2 is 0.740 bits per heavy atom. The van der Waals surface area contributed by atoms with Crippen LogP contribution in [0.2, 0.25) is 0 Å². The molecule has 0 N–H and O–H groups in total. The Balaban J connectivity index is 1.60. The van der Waals surface area contributed by atoms with Gasteiger partial charge in [0.05, 0.1) is 22.2 Å². The average Bonchev–Trinajstić information content (AvgIpc) is 3.52. The number of nitrogens with zero attached hydrogens (tertiary/aromatic N) is 2. The summed E-state index contributed by atoms with van der Waals surface area (Å²) < 4.78 is 4.87. The van der Waals surface area contributed by atoms with E-state index in [2.05, 4.69) is 190 Å². The molecule has 6 rings (SSSR count). The van der Waals surface area contributed by atoms with Crippen molar-refractivity contribution >= 4 is 43.6 Å². The summed E-state index contributed by atoms with van der Waals surface area (Å²) in [4.78, 5) is 0. The van der Waals surface area contributed by atoms with Gasteiger partial charge in [-0.1, -0.05) is 107 Å². The highest BCUT2D eigenvalue weighted by Gasteiger charge is 2.24. The Hall–Kier alpha value is -4.40. The van der Waals surface area contributed by atoms with Crippen molar-refractivity contribution in [3.8, 4) is 23.7 Å². The fourth-order valence-corrected chi connectivity index (χ4v) is 7.32. The Morgan fingerprint density at radius 1 is 0.420 bits per heavy atom. The smallest absolute Gasteiger partial charge is 0.0650 e. The molecule has 258 valence electrons. The van der Waals surface area contributed by atoms with Crippen molar-refractivity contribution in [3.63, 3.8) is 0 Å². The monoisotopic (exact) mass is 660 g/mol. The molecular formula is C48H56N2. The van der Waals surface area contributed by atoms with Gasteiger partial charge in [-0.3, -0.25) is 0 Å². The second-order valence-corrected chi connectivity index (χ2v) is 18.3. The maximum absolute atomic E-state index is 3.57.